The first-order valence-corrected chi connectivity index (χ1v) is 7.24. The number of carbonyl (C=O) groups excluding carboxylic acids is 1. The van der Waals surface area contributed by atoms with Gasteiger partial charge in [0.2, 0.25) is 0 Å². The molecule has 2 N–H and O–H groups in total. The number of rotatable bonds is 3. The number of nitrogens with one attached hydrogen (secondary N) is 1. The van der Waals surface area contributed by atoms with Crippen molar-refractivity contribution in [3.05, 3.63) is 29.8 Å². The highest BCUT2D eigenvalue weighted by Gasteiger charge is 2.32. The first kappa shape index (κ1) is 13.9. The molecule has 2 rings (SSSR count). The summed E-state index contributed by atoms with van der Waals surface area (Å²) in [6, 6.07) is 6.44. The molecule has 0 aliphatic carbocycles. The zero-order valence-electron chi connectivity index (χ0n) is 10.6. The van der Waals surface area contributed by atoms with E-state index in [1.54, 1.807) is 23.9 Å². The second-order valence-electron chi connectivity index (χ2n) is 4.29. The van der Waals surface area contributed by atoms with Gasteiger partial charge in [-0.1, -0.05) is 0 Å². The van der Waals surface area contributed by atoms with Crippen LogP contribution in [0.25, 0.3) is 0 Å². The molecule has 0 radical (unpaired) electrons. The van der Waals surface area contributed by atoms with E-state index in [0.29, 0.717) is 25.2 Å². The lowest BCUT2D eigenvalue weighted by atomic mass is 10.1. The smallest absolute Gasteiger partial charge is 0.327 e. The van der Waals surface area contributed by atoms with Crippen LogP contribution in [0.3, 0.4) is 0 Å². The Kier molecular flexibility index (Phi) is 4.44. The van der Waals surface area contributed by atoms with Gasteiger partial charge < -0.3 is 15.3 Å². The second-order valence-corrected chi connectivity index (χ2v) is 5.16. The van der Waals surface area contributed by atoms with Crippen molar-refractivity contribution in [2.24, 2.45) is 0 Å². The summed E-state index contributed by atoms with van der Waals surface area (Å²) >= 11 is 1.60. The van der Waals surface area contributed by atoms with Crippen LogP contribution in [0.4, 0.5) is 0 Å². The van der Waals surface area contributed by atoms with Crippen LogP contribution in [0, 0.1) is 0 Å². The Labute approximate surface area is 116 Å². The van der Waals surface area contributed by atoms with Gasteiger partial charge in [0.15, 0.2) is 0 Å². The van der Waals surface area contributed by atoms with Gasteiger partial charge >= 0.3 is 5.97 Å². The number of nitrogens with zero attached hydrogens (tertiary/aromatic N) is 1. The van der Waals surface area contributed by atoms with Crippen molar-refractivity contribution in [2.75, 3.05) is 25.9 Å². The van der Waals surface area contributed by atoms with Gasteiger partial charge in [0.25, 0.3) is 5.91 Å². The Balaban J connectivity index is 2.18. The molecular formula is C13H16N2O3S. The molecule has 102 valence electrons. The van der Waals surface area contributed by atoms with E-state index in [-0.39, 0.29) is 5.91 Å². The maximum absolute atomic E-state index is 12.3. The summed E-state index contributed by atoms with van der Waals surface area (Å²) in [7, 11) is 0. The van der Waals surface area contributed by atoms with Crippen LogP contribution < -0.4 is 5.32 Å². The lowest BCUT2D eigenvalue weighted by Gasteiger charge is -2.33. The van der Waals surface area contributed by atoms with Crippen molar-refractivity contribution in [3.8, 4) is 0 Å². The molecule has 0 spiro atoms. The molecule has 0 saturated carbocycles. The molecule has 0 bridgehead atoms. The summed E-state index contributed by atoms with van der Waals surface area (Å²) in [6.07, 6.45) is 1.97. The molecule has 6 heteroatoms. The highest BCUT2D eigenvalue weighted by molar-refractivity contribution is 7.98. The Morgan fingerprint density at radius 3 is 2.63 bits per heavy atom. The molecule has 1 fully saturated rings. The zero-order valence-corrected chi connectivity index (χ0v) is 11.4. The number of carbonyl (C=O) groups is 2. The number of hydrogen-bond donors (Lipinski definition) is 2. The van der Waals surface area contributed by atoms with Gasteiger partial charge in [-0.3, -0.25) is 4.79 Å². The number of amides is 1. The fourth-order valence-corrected chi connectivity index (χ4v) is 2.48. The molecule has 1 saturated heterocycles. The molecule has 1 heterocycles. The van der Waals surface area contributed by atoms with Gasteiger partial charge in [0.1, 0.15) is 6.04 Å². The Hall–Kier alpha value is -1.53. The van der Waals surface area contributed by atoms with E-state index in [9.17, 15) is 9.59 Å². The van der Waals surface area contributed by atoms with Crippen LogP contribution in [0.15, 0.2) is 29.2 Å². The van der Waals surface area contributed by atoms with E-state index in [0.717, 1.165) is 4.90 Å². The highest BCUT2D eigenvalue weighted by atomic mass is 32.2. The molecule has 1 aliphatic heterocycles. The Bertz CT molecular complexity index is 475. The van der Waals surface area contributed by atoms with E-state index >= 15 is 0 Å². The highest BCUT2D eigenvalue weighted by Crippen LogP contribution is 2.17. The SMILES string of the molecule is CSc1ccc(C(=O)N2CCNCC2C(=O)O)cc1. The molecule has 1 aromatic rings. The predicted octanol–water partition coefficient (Wildman–Crippen LogP) is 0.907. The quantitative estimate of drug-likeness (QED) is 0.805. The maximum Gasteiger partial charge on any atom is 0.327 e. The molecule has 19 heavy (non-hydrogen) atoms. The third-order valence-corrected chi connectivity index (χ3v) is 3.87. The molecule has 1 aromatic carbocycles. The van der Waals surface area contributed by atoms with Crippen molar-refractivity contribution in [2.45, 2.75) is 10.9 Å². The van der Waals surface area contributed by atoms with E-state index in [1.165, 1.54) is 4.90 Å². The van der Waals surface area contributed by atoms with Crippen molar-refractivity contribution >= 4 is 23.6 Å². The van der Waals surface area contributed by atoms with Crippen molar-refractivity contribution in [3.63, 3.8) is 0 Å². The molecule has 1 atom stereocenters. The summed E-state index contributed by atoms with van der Waals surface area (Å²) in [5.41, 5.74) is 0.533. The maximum atomic E-state index is 12.3. The zero-order chi connectivity index (χ0) is 13.8. The molecule has 1 amide bonds. The van der Waals surface area contributed by atoms with E-state index < -0.39 is 12.0 Å². The third-order valence-electron chi connectivity index (χ3n) is 3.13. The van der Waals surface area contributed by atoms with Gasteiger partial charge in [-0.2, -0.15) is 0 Å². The standard InChI is InChI=1S/C13H16N2O3S/c1-19-10-4-2-9(3-5-10)12(16)15-7-6-14-8-11(15)13(17)18/h2-5,11,14H,6-8H2,1H3,(H,17,18). The number of carboxylic acids is 1. The van der Waals surface area contributed by atoms with Gasteiger partial charge in [-0.05, 0) is 30.5 Å². The average Bonchev–Trinajstić information content (AvgIpc) is 2.46. The molecule has 5 nitrogen and oxygen atoms in total. The summed E-state index contributed by atoms with van der Waals surface area (Å²) in [6.45, 7) is 1.34. The van der Waals surface area contributed by atoms with Gasteiger partial charge in [0, 0.05) is 30.1 Å². The molecule has 1 unspecified atom stereocenters. The number of carboxylic acid groups (broad SMARTS) is 1. The van der Waals surface area contributed by atoms with Gasteiger partial charge in [0.05, 0.1) is 0 Å². The van der Waals surface area contributed by atoms with Crippen molar-refractivity contribution in [1.29, 1.82) is 0 Å². The Morgan fingerprint density at radius 2 is 2.05 bits per heavy atom. The second kappa shape index (κ2) is 6.08. The summed E-state index contributed by atoms with van der Waals surface area (Å²) < 4.78 is 0. The van der Waals surface area contributed by atoms with E-state index in [4.69, 9.17) is 5.11 Å². The van der Waals surface area contributed by atoms with Crippen molar-refractivity contribution in [1.82, 2.24) is 10.2 Å². The fourth-order valence-electron chi connectivity index (χ4n) is 2.07. The van der Waals surface area contributed by atoms with E-state index in [1.807, 2.05) is 18.4 Å². The minimum absolute atomic E-state index is 0.221. The fraction of sp³-hybridized carbons (Fsp3) is 0.385. The van der Waals surface area contributed by atoms with Crippen LogP contribution in [-0.4, -0.2) is 53.8 Å². The van der Waals surface area contributed by atoms with Crippen LogP contribution in [0.1, 0.15) is 10.4 Å². The molecular weight excluding hydrogens is 264 g/mol. The number of aliphatic carboxylic acids is 1. The lowest BCUT2D eigenvalue weighted by Crippen LogP contribution is -2.56. The number of benzene rings is 1. The summed E-state index contributed by atoms with van der Waals surface area (Å²) in [5, 5.41) is 12.1. The van der Waals surface area contributed by atoms with Crippen LogP contribution in [-0.2, 0) is 4.79 Å². The predicted molar refractivity (Wildman–Crippen MR) is 73.6 cm³/mol. The topological polar surface area (TPSA) is 69.6 Å². The third kappa shape index (κ3) is 3.08. The first-order chi connectivity index (χ1) is 9.13. The van der Waals surface area contributed by atoms with Crippen LogP contribution >= 0.6 is 11.8 Å². The normalized spacial score (nSPS) is 19.2. The van der Waals surface area contributed by atoms with Gasteiger partial charge in [-0.15, -0.1) is 11.8 Å². The number of thioether (sulfide) groups is 1. The summed E-state index contributed by atoms with van der Waals surface area (Å²) in [4.78, 5) is 26.0. The van der Waals surface area contributed by atoms with E-state index in [2.05, 4.69) is 5.32 Å². The number of piperazine rings is 1. The molecule has 1 aliphatic rings. The van der Waals surface area contributed by atoms with Crippen LogP contribution in [0.5, 0.6) is 0 Å². The average molecular weight is 280 g/mol. The summed E-state index contributed by atoms with van der Waals surface area (Å²) in [5.74, 6) is -1.19. The molecule has 0 aromatic heterocycles. The van der Waals surface area contributed by atoms with Gasteiger partial charge in [-0.25, -0.2) is 4.79 Å². The number of hydrogen-bond acceptors (Lipinski definition) is 4. The minimum atomic E-state index is -0.971. The van der Waals surface area contributed by atoms with Crippen molar-refractivity contribution < 1.29 is 14.7 Å². The Morgan fingerprint density at radius 1 is 1.37 bits per heavy atom. The first-order valence-electron chi connectivity index (χ1n) is 6.02. The lowest BCUT2D eigenvalue weighted by molar-refractivity contribution is -0.142. The largest absolute Gasteiger partial charge is 0.480 e. The van der Waals surface area contributed by atoms with Crippen LogP contribution in [0.2, 0.25) is 0 Å². The minimum Gasteiger partial charge on any atom is -0.480 e. The monoisotopic (exact) mass is 280 g/mol.